The van der Waals surface area contributed by atoms with E-state index in [4.69, 9.17) is 65.8 Å². The molecule has 0 radical (unpaired) electrons. The molecule has 11 rings (SSSR count). The van der Waals surface area contributed by atoms with Gasteiger partial charge < -0.3 is 143 Å². The quantitative estimate of drug-likeness (QED) is 0.0188. The molecule has 0 spiro atoms. The molecule has 0 aromatic rings. The number of aliphatic hydroxyl groups is 15. The summed E-state index contributed by atoms with van der Waals surface area (Å²) in [4.78, 5) is 0. The molecule has 15 N–H and O–H groups in total. The molecule has 34 heteroatoms. The van der Waals surface area contributed by atoms with Crippen molar-refractivity contribution in [2.45, 2.75) is 302 Å². The van der Waals surface area contributed by atoms with E-state index in [2.05, 4.69) is 33.8 Å². The van der Waals surface area contributed by atoms with E-state index < -0.39 is 231 Å². The topological polar surface area (TPSA) is 493 Å². The van der Waals surface area contributed by atoms with E-state index in [1.807, 2.05) is 6.92 Å². The van der Waals surface area contributed by atoms with Gasteiger partial charge in [-0.25, -0.2) is 8.42 Å². The Kier molecular flexibility index (Phi) is 24.6. The van der Waals surface area contributed by atoms with E-state index in [1.54, 1.807) is 0 Å². The standard InChI is InChI=1S/C61H100O32S.Na/c1-20(2)21(3)48-53(88-48)61(8,76)30-12-9-26-27(30)10-11-29-28(26)16-33(31-15-25(93-94(77,78)79)13-14-60(29,31)7)85-57-47(75)50(38(66)24(6)84-57)90-58-51(92-56-45(73)42(70)37(65)23(5)83-56)40(68)35(19-81-58)87-59-52(91-54-43(71)39(67)32(63)18-80-54)46(74)49(34(17-62)86-59)89-55-44(72)41(69)36(64)22(4)82-55;/h11,20-28,30-59,62-76H,9-10,12-19H2,1-8H3,(H,77,78,79);/q;+1/p-1/t21-,22?,23?,24?,25-,26?,27?,28?,30-,31?,32?,33-,34?,35?,36?,37?,38?,39?,40?,41?,42?,43?,44?,45?,46?,47?,48-,49?,50?,51?,52?,53+,54?,55?,56?,57?,58?,59?,60+,61+;/m0./s1. The van der Waals surface area contributed by atoms with Gasteiger partial charge >= 0.3 is 29.6 Å². The second-order valence-corrected chi connectivity index (χ2v) is 30.0. The Morgan fingerprint density at radius 3 is 1.75 bits per heavy atom. The predicted molar refractivity (Wildman–Crippen MR) is 309 cm³/mol. The number of rotatable bonds is 19. The summed E-state index contributed by atoms with van der Waals surface area (Å²) in [5.41, 5.74) is -0.604. The van der Waals surface area contributed by atoms with Crippen molar-refractivity contribution in [3.63, 3.8) is 0 Å². The van der Waals surface area contributed by atoms with Crippen LogP contribution >= 0.6 is 0 Å². The van der Waals surface area contributed by atoms with Crippen LogP contribution in [0.2, 0.25) is 0 Å². The number of fused-ring (bicyclic) bond motifs is 5. The smallest absolute Gasteiger partial charge is 0.726 e. The summed E-state index contributed by atoms with van der Waals surface area (Å²) in [7, 11) is -5.14. The van der Waals surface area contributed by atoms with Crippen LogP contribution in [0.15, 0.2) is 11.6 Å². The monoisotopic (exact) mass is 1400 g/mol. The first-order valence-electron chi connectivity index (χ1n) is 33.1. The van der Waals surface area contributed by atoms with Crippen LogP contribution in [0, 0.1) is 46.8 Å². The molecule has 0 amide bonds. The molecule has 542 valence electrons. The molecule has 7 saturated heterocycles. The van der Waals surface area contributed by atoms with Crippen LogP contribution in [0.5, 0.6) is 0 Å². The van der Waals surface area contributed by atoms with Crippen molar-refractivity contribution in [1.82, 2.24) is 0 Å². The third-order valence-corrected chi connectivity index (χ3v) is 23.3. The zero-order chi connectivity index (χ0) is 68.3. The SMILES string of the molecule is CC1OC(OC2C(CO)OC(OC3COC(OC4C(O)C(C)OC(O[C@H]5CC6C(=CCC7C6CC[C@@H]7[C@@](C)(O)[C@@H]6O[C@H]6[C@@H](C)C(C)C)[C@@]6(C)CC[C@H](OS(=O)(=O)[O-])CC56)C4O)C(OC4OC(C)C(O)C(O)C4O)C3O)C(OC3OCC(O)C(O)C3O)C2O)C(O)C(O)C1O.[Na+]. The van der Waals surface area contributed by atoms with Crippen LogP contribution in [0.4, 0.5) is 0 Å². The summed E-state index contributed by atoms with van der Waals surface area (Å²) in [6, 6.07) is 0. The summed E-state index contributed by atoms with van der Waals surface area (Å²) in [6.45, 7) is 12.3. The third-order valence-electron chi connectivity index (χ3n) is 22.8. The number of hydrogen-bond acceptors (Lipinski definition) is 32. The Hall–Kier alpha value is -0.510. The molecule has 0 aromatic carbocycles. The molecule has 32 unspecified atom stereocenters. The number of epoxide rings is 1. The van der Waals surface area contributed by atoms with E-state index in [1.165, 1.54) is 26.3 Å². The summed E-state index contributed by atoms with van der Waals surface area (Å²) >= 11 is 0. The average Bonchev–Trinajstić information content (AvgIpc) is 1.68. The van der Waals surface area contributed by atoms with Gasteiger partial charge in [0.2, 0.25) is 10.4 Å². The van der Waals surface area contributed by atoms with Crippen LogP contribution in [-0.4, -0.2) is 311 Å². The van der Waals surface area contributed by atoms with Crippen molar-refractivity contribution >= 4 is 10.4 Å². The summed E-state index contributed by atoms with van der Waals surface area (Å²) < 4.78 is 121. The molecule has 32 nitrogen and oxygen atoms in total. The maximum atomic E-state index is 12.5. The van der Waals surface area contributed by atoms with Gasteiger partial charge in [-0.2, -0.15) is 0 Å². The fraction of sp³-hybridized carbons (Fsp3) is 0.967. The first kappa shape index (κ1) is 77.1. The van der Waals surface area contributed by atoms with E-state index in [0.717, 1.165) is 12.8 Å². The normalized spacial score (nSPS) is 52.9. The molecule has 7 heterocycles. The minimum absolute atomic E-state index is 0. The zero-order valence-corrected chi connectivity index (χ0v) is 57.5. The van der Waals surface area contributed by atoms with Crippen LogP contribution in [-0.2, 0) is 76.2 Å². The fourth-order valence-corrected chi connectivity index (χ4v) is 17.4. The molecule has 4 aliphatic carbocycles. The van der Waals surface area contributed by atoms with Gasteiger partial charge in [-0.15, -0.1) is 0 Å². The molecule has 11 aliphatic rings. The molecule has 40 atom stereocenters. The summed E-state index contributed by atoms with van der Waals surface area (Å²) in [5.74, 6) is -0.0110. The van der Waals surface area contributed by atoms with Gasteiger partial charge in [-0.05, 0) is 119 Å². The first-order valence-corrected chi connectivity index (χ1v) is 34.4. The maximum Gasteiger partial charge on any atom is 1.00 e. The molecule has 3 saturated carbocycles. The van der Waals surface area contributed by atoms with Crippen molar-refractivity contribution in [2.75, 3.05) is 19.8 Å². The van der Waals surface area contributed by atoms with Crippen LogP contribution in [0.1, 0.15) is 100 Å². The molecule has 0 bridgehead atoms. The molecule has 10 fully saturated rings. The Morgan fingerprint density at radius 2 is 1.14 bits per heavy atom. The van der Waals surface area contributed by atoms with Crippen molar-refractivity contribution in [1.29, 1.82) is 0 Å². The van der Waals surface area contributed by atoms with Gasteiger partial charge in [0.05, 0.1) is 62.0 Å². The van der Waals surface area contributed by atoms with Crippen molar-refractivity contribution < 1.29 is 185 Å². The van der Waals surface area contributed by atoms with Crippen LogP contribution < -0.4 is 29.6 Å². The summed E-state index contributed by atoms with van der Waals surface area (Å²) in [5, 5.41) is 169. The van der Waals surface area contributed by atoms with E-state index >= 15 is 0 Å². The van der Waals surface area contributed by atoms with Gasteiger partial charge in [-0.3, -0.25) is 4.18 Å². The zero-order valence-electron chi connectivity index (χ0n) is 54.7. The Morgan fingerprint density at radius 1 is 0.589 bits per heavy atom. The van der Waals surface area contributed by atoms with E-state index in [-0.39, 0.29) is 84.2 Å². The second-order valence-electron chi connectivity index (χ2n) is 29.0. The minimum atomic E-state index is -5.14. The number of ether oxygens (including phenoxy) is 13. The van der Waals surface area contributed by atoms with Gasteiger partial charge in [-0.1, -0.05) is 39.3 Å². The predicted octanol–water partition coefficient (Wildman–Crippen LogP) is -7.89. The molecule has 95 heavy (non-hydrogen) atoms. The Balaban J connectivity index is 0.00000983. The minimum Gasteiger partial charge on any atom is -0.726 e. The van der Waals surface area contributed by atoms with Crippen molar-refractivity contribution in [3.8, 4) is 0 Å². The van der Waals surface area contributed by atoms with Crippen molar-refractivity contribution in [2.24, 2.45) is 46.8 Å². The average molecular weight is 1400 g/mol. The number of hydrogen-bond donors (Lipinski definition) is 15. The molecular formula is C61H99NaO32S. The molecule has 7 aliphatic heterocycles. The largest absolute Gasteiger partial charge is 1.00 e. The second kappa shape index (κ2) is 30.3. The third kappa shape index (κ3) is 15.3. The fourth-order valence-electron chi connectivity index (χ4n) is 16.9. The molecule has 0 aromatic heterocycles. The Labute approximate surface area is 573 Å². The number of aliphatic hydroxyl groups excluding tert-OH is 14. The molecular weight excluding hydrogens is 1300 g/mol. The summed E-state index contributed by atoms with van der Waals surface area (Å²) in [6.07, 6.45) is -46.1. The van der Waals surface area contributed by atoms with E-state index in [9.17, 15) is 89.6 Å². The van der Waals surface area contributed by atoms with Crippen molar-refractivity contribution in [3.05, 3.63) is 11.6 Å². The van der Waals surface area contributed by atoms with E-state index in [0.29, 0.717) is 25.2 Å². The van der Waals surface area contributed by atoms with Gasteiger partial charge in [0.1, 0.15) is 122 Å². The Bertz CT molecular complexity index is 2690. The van der Waals surface area contributed by atoms with Gasteiger partial charge in [0, 0.05) is 0 Å². The number of allylic oxidation sites excluding steroid dienone is 2. The van der Waals surface area contributed by atoms with Gasteiger partial charge in [0.15, 0.2) is 37.7 Å². The van der Waals surface area contributed by atoms with Crippen LogP contribution in [0.25, 0.3) is 0 Å². The maximum absolute atomic E-state index is 12.5. The first-order chi connectivity index (χ1) is 44.1. The van der Waals surface area contributed by atoms with Crippen LogP contribution in [0.3, 0.4) is 0 Å². The van der Waals surface area contributed by atoms with Gasteiger partial charge in [0.25, 0.3) is 0 Å².